The summed E-state index contributed by atoms with van der Waals surface area (Å²) in [5.41, 5.74) is 0.661. The summed E-state index contributed by atoms with van der Waals surface area (Å²) in [7, 11) is 0. The zero-order chi connectivity index (χ0) is 10.6. The van der Waals surface area contributed by atoms with Crippen molar-refractivity contribution in [1.29, 1.82) is 5.26 Å². The van der Waals surface area contributed by atoms with E-state index in [0.717, 1.165) is 12.4 Å². The number of nitrogens with zero attached hydrogens (tertiary/aromatic N) is 2. The van der Waals surface area contributed by atoms with E-state index in [0.29, 0.717) is 5.69 Å². The van der Waals surface area contributed by atoms with Crippen molar-refractivity contribution in [3.63, 3.8) is 0 Å². The highest BCUT2D eigenvalue weighted by molar-refractivity contribution is 5.38. The van der Waals surface area contributed by atoms with E-state index in [2.05, 4.69) is 31.1 Å². The molecule has 0 fully saturated rings. The summed E-state index contributed by atoms with van der Waals surface area (Å²) < 4.78 is 0. The van der Waals surface area contributed by atoms with Crippen LogP contribution >= 0.6 is 0 Å². The number of pyridine rings is 1. The monoisotopic (exact) mass is 189 g/mol. The molecule has 1 aromatic heterocycles. The lowest BCUT2D eigenvalue weighted by Gasteiger charge is -2.18. The number of anilines is 1. The van der Waals surface area contributed by atoms with Crippen molar-refractivity contribution in [2.45, 2.75) is 20.8 Å². The minimum Gasteiger partial charge on any atom is -0.370 e. The molecular weight excluding hydrogens is 174 g/mol. The van der Waals surface area contributed by atoms with Crippen LogP contribution in [-0.2, 0) is 0 Å². The summed E-state index contributed by atoms with van der Waals surface area (Å²) in [6.45, 7) is 7.28. The Bertz CT molecular complexity index is 344. The second-order valence-corrected chi connectivity index (χ2v) is 4.43. The van der Waals surface area contributed by atoms with Gasteiger partial charge in [0.1, 0.15) is 17.6 Å². The lowest BCUT2D eigenvalue weighted by atomic mass is 9.97. The molecule has 0 saturated carbocycles. The second kappa shape index (κ2) is 4.10. The predicted octanol–water partition coefficient (Wildman–Crippen LogP) is 2.41. The first-order chi connectivity index (χ1) is 6.51. The molecule has 0 aliphatic carbocycles. The SMILES string of the molecule is CC(C)(C)CNc1cccc(C#N)n1. The van der Waals surface area contributed by atoms with Gasteiger partial charge in [0.2, 0.25) is 0 Å². The van der Waals surface area contributed by atoms with Crippen molar-refractivity contribution in [2.75, 3.05) is 11.9 Å². The molecule has 0 amide bonds. The van der Waals surface area contributed by atoms with Gasteiger partial charge in [0.05, 0.1) is 0 Å². The van der Waals surface area contributed by atoms with Crippen LogP contribution in [0.3, 0.4) is 0 Å². The number of aromatic nitrogens is 1. The van der Waals surface area contributed by atoms with Crippen LogP contribution in [-0.4, -0.2) is 11.5 Å². The summed E-state index contributed by atoms with van der Waals surface area (Å²) in [4.78, 5) is 4.12. The zero-order valence-corrected chi connectivity index (χ0v) is 8.83. The molecule has 0 aliphatic rings. The molecule has 0 aromatic carbocycles. The predicted molar refractivity (Wildman–Crippen MR) is 56.9 cm³/mol. The maximum Gasteiger partial charge on any atom is 0.142 e. The van der Waals surface area contributed by atoms with E-state index in [4.69, 9.17) is 5.26 Å². The van der Waals surface area contributed by atoms with Gasteiger partial charge in [-0.2, -0.15) is 5.26 Å². The van der Waals surface area contributed by atoms with E-state index < -0.39 is 0 Å². The van der Waals surface area contributed by atoms with Crippen LogP contribution in [0.4, 0.5) is 5.82 Å². The summed E-state index contributed by atoms with van der Waals surface area (Å²) in [6, 6.07) is 7.41. The maximum atomic E-state index is 8.65. The van der Waals surface area contributed by atoms with Crippen molar-refractivity contribution in [3.8, 4) is 6.07 Å². The van der Waals surface area contributed by atoms with Crippen molar-refractivity contribution in [3.05, 3.63) is 23.9 Å². The lowest BCUT2D eigenvalue weighted by Crippen LogP contribution is -2.19. The quantitative estimate of drug-likeness (QED) is 0.777. The van der Waals surface area contributed by atoms with E-state index >= 15 is 0 Å². The number of nitrogens with one attached hydrogen (secondary N) is 1. The summed E-state index contributed by atoms with van der Waals surface area (Å²) in [6.07, 6.45) is 0. The normalized spacial score (nSPS) is 10.7. The molecule has 0 bridgehead atoms. The fraction of sp³-hybridized carbons (Fsp3) is 0.455. The Hall–Kier alpha value is -1.56. The zero-order valence-electron chi connectivity index (χ0n) is 8.83. The average Bonchev–Trinajstić information content (AvgIpc) is 2.14. The Morgan fingerprint density at radius 3 is 2.71 bits per heavy atom. The molecule has 1 N–H and O–H groups in total. The average molecular weight is 189 g/mol. The first-order valence-electron chi connectivity index (χ1n) is 4.62. The third-order valence-electron chi connectivity index (χ3n) is 1.66. The molecule has 74 valence electrons. The Labute approximate surface area is 84.8 Å². The van der Waals surface area contributed by atoms with E-state index in [9.17, 15) is 0 Å². The van der Waals surface area contributed by atoms with Crippen molar-refractivity contribution < 1.29 is 0 Å². The third-order valence-corrected chi connectivity index (χ3v) is 1.66. The lowest BCUT2D eigenvalue weighted by molar-refractivity contribution is 0.442. The summed E-state index contributed by atoms with van der Waals surface area (Å²) >= 11 is 0. The van der Waals surface area contributed by atoms with E-state index in [1.165, 1.54) is 0 Å². The van der Waals surface area contributed by atoms with Crippen molar-refractivity contribution in [2.24, 2.45) is 5.41 Å². The Morgan fingerprint density at radius 2 is 2.14 bits per heavy atom. The van der Waals surface area contributed by atoms with Gasteiger partial charge in [0, 0.05) is 6.54 Å². The van der Waals surface area contributed by atoms with E-state index in [-0.39, 0.29) is 5.41 Å². The molecule has 14 heavy (non-hydrogen) atoms. The fourth-order valence-electron chi connectivity index (χ4n) is 0.951. The van der Waals surface area contributed by atoms with Gasteiger partial charge in [-0.3, -0.25) is 0 Å². The molecule has 0 saturated heterocycles. The second-order valence-electron chi connectivity index (χ2n) is 4.43. The van der Waals surface area contributed by atoms with Gasteiger partial charge >= 0.3 is 0 Å². The Balaban J connectivity index is 2.65. The molecule has 1 aromatic rings. The van der Waals surface area contributed by atoms with Crippen LogP contribution in [0, 0.1) is 16.7 Å². The van der Waals surface area contributed by atoms with Gasteiger partial charge < -0.3 is 5.32 Å². The number of hydrogen-bond acceptors (Lipinski definition) is 3. The molecule has 3 heteroatoms. The summed E-state index contributed by atoms with van der Waals surface area (Å²) in [5, 5.41) is 11.8. The van der Waals surface area contributed by atoms with Crippen LogP contribution in [0.25, 0.3) is 0 Å². The van der Waals surface area contributed by atoms with Gasteiger partial charge in [-0.1, -0.05) is 26.8 Å². The van der Waals surface area contributed by atoms with Gasteiger partial charge in [-0.05, 0) is 17.5 Å². The standard InChI is InChI=1S/C11H15N3/c1-11(2,3)8-13-10-6-4-5-9(7-12)14-10/h4-6H,8H2,1-3H3,(H,13,14). The molecule has 0 unspecified atom stereocenters. The van der Waals surface area contributed by atoms with E-state index in [1.54, 1.807) is 6.07 Å². The largest absolute Gasteiger partial charge is 0.370 e. The van der Waals surface area contributed by atoms with Crippen molar-refractivity contribution in [1.82, 2.24) is 4.98 Å². The molecule has 1 rings (SSSR count). The van der Waals surface area contributed by atoms with E-state index in [1.807, 2.05) is 18.2 Å². The molecule has 3 nitrogen and oxygen atoms in total. The van der Waals surface area contributed by atoms with Crippen LogP contribution < -0.4 is 5.32 Å². The molecule has 0 spiro atoms. The van der Waals surface area contributed by atoms with Crippen molar-refractivity contribution >= 4 is 5.82 Å². The first-order valence-corrected chi connectivity index (χ1v) is 4.62. The smallest absolute Gasteiger partial charge is 0.142 e. The van der Waals surface area contributed by atoms with Crippen LogP contribution in [0.15, 0.2) is 18.2 Å². The highest BCUT2D eigenvalue weighted by atomic mass is 15.0. The molecule has 0 atom stereocenters. The van der Waals surface area contributed by atoms with Crippen LogP contribution in [0.5, 0.6) is 0 Å². The number of rotatable bonds is 2. The minimum atomic E-state index is 0.213. The Morgan fingerprint density at radius 1 is 1.43 bits per heavy atom. The fourth-order valence-corrected chi connectivity index (χ4v) is 0.951. The highest BCUT2D eigenvalue weighted by Gasteiger charge is 2.09. The molecule has 0 aliphatic heterocycles. The van der Waals surface area contributed by atoms with Crippen LogP contribution in [0.2, 0.25) is 0 Å². The van der Waals surface area contributed by atoms with Gasteiger partial charge in [-0.15, -0.1) is 0 Å². The van der Waals surface area contributed by atoms with Gasteiger partial charge in [0.15, 0.2) is 0 Å². The topological polar surface area (TPSA) is 48.7 Å². The summed E-state index contributed by atoms with van der Waals surface area (Å²) in [5.74, 6) is 0.763. The molecular formula is C11H15N3. The number of hydrogen-bond donors (Lipinski definition) is 1. The minimum absolute atomic E-state index is 0.213. The van der Waals surface area contributed by atoms with Crippen LogP contribution in [0.1, 0.15) is 26.5 Å². The Kier molecular flexibility index (Phi) is 3.08. The molecule has 1 heterocycles. The molecule has 0 radical (unpaired) electrons. The maximum absolute atomic E-state index is 8.65. The third kappa shape index (κ3) is 3.44. The first kappa shape index (κ1) is 10.5. The number of nitriles is 1. The van der Waals surface area contributed by atoms with Gasteiger partial charge in [-0.25, -0.2) is 4.98 Å². The van der Waals surface area contributed by atoms with Gasteiger partial charge in [0.25, 0.3) is 0 Å². The highest BCUT2D eigenvalue weighted by Crippen LogP contribution is 2.14.